The summed E-state index contributed by atoms with van der Waals surface area (Å²) in [4.78, 5) is 16.8. The number of rotatable bonds is 5. The predicted molar refractivity (Wildman–Crippen MR) is 137 cm³/mol. The normalized spacial score (nSPS) is 28.5. The summed E-state index contributed by atoms with van der Waals surface area (Å²) >= 11 is 0. The van der Waals surface area contributed by atoms with E-state index in [0.29, 0.717) is 6.54 Å². The summed E-state index contributed by atoms with van der Waals surface area (Å²) in [5.74, 6) is 0.932. The number of hydrogen-bond donors (Lipinski definition) is 0. The molecule has 4 heteroatoms. The van der Waals surface area contributed by atoms with Gasteiger partial charge in [0, 0.05) is 25.5 Å². The van der Waals surface area contributed by atoms with Gasteiger partial charge in [-0.15, -0.1) is 0 Å². The fourth-order valence-electron chi connectivity index (χ4n) is 7.73. The van der Waals surface area contributed by atoms with Crippen molar-refractivity contribution in [3.8, 4) is 0 Å². The van der Waals surface area contributed by atoms with Gasteiger partial charge in [-0.05, 0) is 46.9 Å². The summed E-state index contributed by atoms with van der Waals surface area (Å²) in [5, 5.41) is 0. The molecule has 36 heavy (non-hydrogen) atoms. The molecule has 1 fully saturated rings. The molecule has 0 spiro atoms. The number of benzene rings is 3. The van der Waals surface area contributed by atoms with Crippen LogP contribution in [0, 0.1) is 11.8 Å². The number of methoxy groups -OCH3 is 1. The molecule has 4 aliphatic rings. The SMILES string of the molecule is CO[C@@H](C)C12c3ccccc3C(c3ccccc31)[C@@H]1[C@@H](c3ccco3)N(Cc3ccccc3)C(=O)[C@@H]12. The van der Waals surface area contributed by atoms with E-state index in [1.54, 1.807) is 13.4 Å². The van der Waals surface area contributed by atoms with Crippen molar-refractivity contribution in [3.05, 3.63) is 131 Å². The van der Waals surface area contributed by atoms with Crippen LogP contribution < -0.4 is 0 Å². The number of ether oxygens (including phenoxy) is 1. The average molecular weight is 476 g/mol. The highest BCUT2D eigenvalue weighted by atomic mass is 16.5. The summed E-state index contributed by atoms with van der Waals surface area (Å²) in [5.41, 5.74) is 5.64. The number of furan rings is 1. The van der Waals surface area contributed by atoms with E-state index in [1.165, 1.54) is 22.3 Å². The monoisotopic (exact) mass is 475 g/mol. The fourth-order valence-corrected chi connectivity index (χ4v) is 7.73. The zero-order chi connectivity index (χ0) is 24.4. The maximum Gasteiger partial charge on any atom is 0.228 e. The van der Waals surface area contributed by atoms with Gasteiger partial charge in [-0.1, -0.05) is 78.9 Å². The molecule has 3 aromatic carbocycles. The van der Waals surface area contributed by atoms with E-state index in [1.807, 2.05) is 30.3 Å². The molecule has 2 heterocycles. The van der Waals surface area contributed by atoms with Crippen LogP contribution >= 0.6 is 0 Å². The Morgan fingerprint density at radius 3 is 2.14 bits per heavy atom. The molecule has 3 aliphatic carbocycles. The molecule has 4 nitrogen and oxygen atoms in total. The van der Waals surface area contributed by atoms with Gasteiger partial charge in [-0.2, -0.15) is 0 Å². The Morgan fingerprint density at radius 2 is 1.53 bits per heavy atom. The smallest absolute Gasteiger partial charge is 0.228 e. The summed E-state index contributed by atoms with van der Waals surface area (Å²) < 4.78 is 12.2. The van der Waals surface area contributed by atoms with Crippen molar-refractivity contribution in [3.63, 3.8) is 0 Å². The van der Waals surface area contributed by atoms with Crippen molar-refractivity contribution in [2.24, 2.45) is 11.8 Å². The minimum atomic E-state index is -0.575. The van der Waals surface area contributed by atoms with Gasteiger partial charge in [0.2, 0.25) is 5.91 Å². The molecule has 1 aliphatic heterocycles. The molecule has 0 N–H and O–H groups in total. The lowest BCUT2D eigenvalue weighted by Gasteiger charge is -2.57. The molecule has 8 rings (SSSR count). The lowest BCUT2D eigenvalue weighted by Crippen LogP contribution is -2.58. The number of nitrogens with zero attached hydrogens (tertiary/aromatic N) is 1. The summed E-state index contributed by atoms with van der Waals surface area (Å²) in [6.07, 6.45) is 1.54. The molecular formula is C32H29NO3. The highest BCUT2D eigenvalue weighted by Gasteiger charge is 2.69. The summed E-state index contributed by atoms with van der Waals surface area (Å²) in [6, 6.07) is 31.5. The van der Waals surface area contributed by atoms with Gasteiger partial charge in [0.25, 0.3) is 0 Å². The molecule has 0 saturated carbocycles. The first-order valence-corrected chi connectivity index (χ1v) is 12.8. The van der Waals surface area contributed by atoms with Crippen LogP contribution in [0.3, 0.4) is 0 Å². The highest BCUT2D eigenvalue weighted by molar-refractivity contribution is 5.88. The Kier molecular flexibility index (Phi) is 4.77. The molecule has 4 atom stereocenters. The number of amides is 1. The van der Waals surface area contributed by atoms with E-state index in [2.05, 4.69) is 72.5 Å². The summed E-state index contributed by atoms with van der Waals surface area (Å²) in [6.45, 7) is 2.68. The van der Waals surface area contributed by atoms with Crippen LogP contribution in [0.15, 0.2) is 102 Å². The standard InChI is InChI=1S/C32H29NO3/c1-20(35-2)32-24-15-8-6-13-22(24)27(23-14-7-9-16-25(23)32)28-29(32)31(34)33(19-21-11-4-3-5-12-21)30(28)26-17-10-18-36-26/h3-18,20,27-30H,19H2,1-2H3/t20-,27?,28-,29+,30+,32?/m0/s1. The molecule has 1 aromatic heterocycles. The Bertz CT molecular complexity index is 1380. The van der Waals surface area contributed by atoms with Gasteiger partial charge in [0.05, 0.1) is 29.7 Å². The van der Waals surface area contributed by atoms with E-state index in [-0.39, 0.29) is 35.8 Å². The molecule has 1 saturated heterocycles. The van der Waals surface area contributed by atoms with E-state index in [9.17, 15) is 4.79 Å². The Morgan fingerprint density at radius 1 is 0.889 bits per heavy atom. The van der Waals surface area contributed by atoms with Crippen molar-refractivity contribution >= 4 is 5.91 Å². The molecular weight excluding hydrogens is 446 g/mol. The van der Waals surface area contributed by atoms with Crippen molar-refractivity contribution in [1.82, 2.24) is 4.90 Å². The average Bonchev–Trinajstić information content (AvgIpc) is 3.56. The zero-order valence-corrected chi connectivity index (χ0v) is 20.5. The number of carbonyl (C=O) groups excluding carboxylic acids is 1. The third kappa shape index (κ3) is 2.65. The van der Waals surface area contributed by atoms with Crippen molar-refractivity contribution in [2.45, 2.75) is 36.9 Å². The minimum Gasteiger partial charge on any atom is -0.467 e. The molecule has 1 amide bonds. The Hall–Kier alpha value is -3.63. The van der Waals surface area contributed by atoms with Crippen LogP contribution in [0.2, 0.25) is 0 Å². The minimum absolute atomic E-state index is 0.0368. The van der Waals surface area contributed by atoms with Crippen molar-refractivity contribution < 1.29 is 13.9 Å². The first-order chi connectivity index (χ1) is 17.7. The van der Waals surface area contributed by atoms with Crippen LogP contribution in [-0.2, 0) is 21.5 Å². The van der Waals surface area contributed by atoms with Crippen LogP contribution in [0.5, 0.6) is 0 Å². The maximum absolute atomic E-state index is 14.7. The van der Waals surface area contributed by atoms with Crippen LogP contribution in [0.4, 0.5) is 0 Å². The predicted octanol–water partition coefficient (Wildman–Crippen LogP) is 6.08. The largest absolute Gasteiger partial charge is 0.467 e. The fraction of sp³-hybridized carbons (Fsp3) is 0.281. The van der Waals surface area contributed by atoms with Crippen LogP contribution in [0.1, 0.15) is 52.5 Å². The van der Waals surface area contributed by atoms with Gasteiger partial charge in [-0.3, -0.25) is 4.79 Å². The van der Waals surface area contributed by atoms with Gasteiger partial charge in [-0.25, -0.2) is 0 Å². The quantitative estimate of drug-likeness (QED) is 0.352. The number of likely N-dealkylation sites (tertiary alicyclic amines) is 1. The van der Waals surface area contributed by atoms with Gasteiger partial charge in [0.1, 0.15) is 5.76 Å². The lowest BCUT2D eigenvalue weighted by molar-refractivity contribution is -0.136. The lowest BCUT2D eigenvalue weighted by atomic mass is 9.45. The summed E-state index contributed by atoms with van der Waals surface area (Å²) in [7, 11) is 1.77. The first kappa shape index (κ1) is 21.6. The number of carbonyl (C=O) groups is 1. The Labute approximate surface area is 211 Å². The molecule has 4 aromatic rings. The van der Waals surface area contributed by atoms with E-state index >= 15 is 0 Å². The van der Waals surface area contributed by atoms with Gasteiger partial charge < -0.3 is 14.1 Å². The Balaban J connectivity index is 1.52. The molecule has 2 bridgehead atoms. The topological polar surface area (TPSA) is 42.7 Å². The van der Waals surface area contributed by atoms with Crippen LogP contribution in [0.25, 0.3) is 0 Å². The molecule has 180 valence electrons. The van der Waals surface area contributed by atoms with Gasteiger partial charge in [0.15, 0.2) is 0 Å². The van der Waals surface area contributed by atoms with Crippen molar-refractivity contribution in [1.29, 1.82) is 0 Å². The van der Waals surface area contributed by atoms with E-state index in [4.69, 9.17) is 9.15 Å². The zero-order valence-electron chi connectivity index (χ0n) is 20.5. The van der Waals surface area contributed by atoms with Crippen LogP contribution in [-0.4, -0.2) is 24.0 Å². The second-order valence-electron chi connectivity index (χ2n) is 10.4. The maximum atomic E-state index is 14.7. The highest BCUT2D eigenvalue weighted by Crippen LogP contribution is 2.69. The second kappa shape index (κ2) is 7.94. The molecule has 0 radical (unpaired) electrons. The first-order valence-electron chi connectivity index (χ1n) is 12.8. The van der Waals surface area contributed by atoms with E-state index < -0.39 is 5.41 Å². The third-order valence-electron chi connectivity index (χ3n) is 9.02. The van der Waals surface area contributed by atoms with E-state index in [0.717, 1.165) is 11.3 Å². The third-order valence-corrected chi connectivity index (χ3v) is 9.02. The number of hydrogen-bond acceptors (Lipinski definition) is 3. The molecule has 0 unspecified atom stereocenters. The van der Waals surface area contributed by atoms with Gasteiger partial charge >= 0.3 is 0 Å². The second-order valence-corrected chi connectivity index (χ2v) is 10.4. The van der Waals surface area contributed by atoms with Crippen molar-refractivity contribution in [2.75, 3.05) is 7.11 Å².